The van der Waals surface area contributed by atoms with Crippen molar-refractivity contribution in [1.82, 2.24) is 0 Å². The quantitative estimate of drug-likeness (QED) is 0.341. The molecule has 0 fully saturated rings. The first-order valence-corrected chi connectivity index (χ1v) is 4.37. The zero-order valence-corrected chi connectivity index (χ0v) is 9.35. The number of aldehydes is 1. The third-order valence-corrected chi connectivity index (χ3v) is 1.73. The second-order valence-corrected chi connectivity index (χ2v) is 2.78. The molecule has 0 amide bonds. The van der Waals surface area contributed by atoms with Gasteiger partial charge in [-0.05, 0) is 0 Å². The predicted molar refractivity (Wildman–Crippen MR) is 59.2 cm³/mol. The fraction of sp³-hybridized carbons (Fsp3) is 0. The van der Waals surface area contributed by atoms with Crippen molar-refractivity contribution in [3.05, 3.63) is 66.7 Å². The molecule has 2 rings (SSSR count). The Kier molecular flexibility index (Phi) is 7.25. The summed E-state index contributed by atoms with van der Waals surface area (Å²) in [4.78, 5) is 10.1. The molecule has 2 aromatic rings. The first kappa shape index (κ1) is 13.6. The molecule has 0 radical (unpaired) electrons. The molecule has 0 unspecified atom stereocenters. The average molecular weight is 240 g/mol. The van der Waals surface area contributed by atoms with Crippen molar-refractivity contribution in [1.29, 1.82) is 0 Å². The van der Waals surface area contributed by atoms with Gasteiger partial charge in [-0.2, -0.15) is 36.9 Å². The average Bonchev–Trinajstić information content (AvgIpc) is 2.91. The van der Waals surface area contributed by atoms with Crippen LogP contribution in [0.2, 0.25) is 0 Å². The van der Waals surface area contributed by atoms with E-state index < -0.39 is 0 Å². The molecule has 0 aliphatic heterocycles. The van der Waals surface area contributed by atoms with Gasteiger partial charge < -0.3 is 4.79 Å². The number of hydrogen-bond acceptors (Lipinski definition) is 1. The van der Waals surface area contributed by atoms with Crippen molar-refractivity contribution in [2.75, 3.05) is 0 Å². The van der Waals surface area contributed by atoms with Crippen molar-refractivity contribution in [3.8, 4) is 0 Å². The van der Waals surface area contributed by atoms with Gasteiger partial charge in [0, 0.05) is 0 Å². The molecule has 0 aliphatic carbocycles. The molecule has 15 heavy (non-hydrogen) atoms. The third kappa shape index (κ3) is 5.16. The van der Waals surface area contributed by atoms with Crippen LogP contribution in [0.5, 0.6) is 0 Å². The smallest absolute Gasteiger partial charge is 0.344 e. The number of rotatable bonds is 2. The summed E-state index contributed by atoms with van der Waals surface area (Å²) in [5.41, 5.74) is 1.45. The molecule has 0 atom stereocenters. The van der Waals surface area contributed by atoms with Crippen LogP contribution in [0.3, 0.4) is 0 Å². The summed E-state index contributed by atoms with van der Waals surface area (Å²) >= 11 is 0. The Bertz CT molecular complexity index is 340. The molecular weight excluding hydrogens is 228 g/mol. The first-order valence-electron chi connectivity index (χ1n) is 4.37. The van der Waals surface area contributed by atoms with Crippen molar-refractivity contribution in [2.24, 2.45) is 0 Å². The number of carbonyl (C=O) groups is 1. The Hall–Kier alpha value is -1.37. The number of carbonyl (C=O) groups excluding carboxylic acids is 1. The largest absolute Gasteiger partial charge is 2.00 e. The Morgan fingerprint density at radius 1 is 1.13 bits per heavy atom. The van der Waals surface area contributed by atoms with E-state index in [1.165, 1.54) is 0 Å². The Labute approximate surface area is 101 Å². The van der Waals surface area contributed by atoms with Crippen LogP contribution in [-0.4, -0.2) is 6.29 Å². The summed E-state index contributed by atoms with van der Waals surface area (Å²) in [5.74, 6) is 0. The van der Waals surface area contributed by atoms with E-state index in [0.717, 1.165) is 11.8 Å². The van der Waals surface area contributed by atoms with Crippen LogP contribution in [0.4, 0.5) is 0 Å². The Morgan fingerprint density at radius 3 is 2.00 bits per heavy atom. The molecule has 0 bridgehead atoms. The van der Waals surface area contributed by atoms with Crippen LogP contribution in [0.1, 0.15) is 5.56 Å². The Morgan fingerprint density at radius 2 is 1.67 bits per heavy atom. The van der Waals surface area contributed by atoms with Gasteiger partial charge in [-0.3, -0.25) is 0 Å². The molecule has 78 valence electrons. The summed E-state index contributed by atoms with van der Waals surface area (Å²) in [6.07, 6.45) is 0.759. The molecule has 0 aromatic heterocycles. The molecule has 2 heteroatoms. The van der Waals surface area contributed by atoms with E-state index in [4.69, 9.17) is 0 Å². The molecule has 0 spiro atoms. The van der Waals surface area contributed by atoms with Crippen molar-refractivity contribution >= 4 is 11.9 Å². The van der Waals surface area contributed by atoms with E-state index in [9.17, 15) is 4.79 Å². The molecule has 0 heterocycles. The SMILES string of the molecule is C=C(C=O)[c-]1cccc1.[Fe+2].c1cc[cH-]c1. The van der Waals surface area contributed by atoms with Crippen LogP contribution in [0, 0.1) is 0 Å². The van der Waals surface area contributed by atoms with Gasteiger partial charge in [0.15, 0.2) is 0 Å². The van der Waals surface area contributed by atoms with Crippen LogP contribution in [0.15, 0.2) is 61.2 Å². The number of hydrogen-bond donors (Lipinski definition) is 0. The summed E-state index contributed by atoms with van der Waals surface area (Å²) < 4.78 is 0. The van der Waals surface area contributed by atoms with E-state index in [-0.39, 0.29) is 17.1 Å². The fourth-order valence-corrected chi connectivity index (χ4v) is 0.977. The van der Waals surface area contributed by atoms with Crippen molar-refractivity contribution < 1.29 is 21.9 Å². The van der Waals surface area contributed by atoms with Gasteiger partial charge in [-0.1, -0.05) is 11.1 Å². The minimum atomic E-state index is 0. The van der Waals surface area contributed by atoms with Crippen LogP contribution < -0.4 is 0 Å². The maximum Gasteiger partial charge on any atom is 2.00 e. The topological polar surface area (TPSA) is 17.1 Å². The molecule has 0 saturated carbocycles. The first-order chi connectivity index (χ1) is 6.84. The van der Waals surface area contributed by atoms with Crippen LogP contribution in [-0.2, 0) is 21.9 Å². The van der Waals surface area contributed by atoms with E-state index in [2.05, 4.69) is 6.58 Å². The van der Waals surface area contributed by atoms with Crippen LogP contribution in [0.25, 0.3) is 5.57 Å². The maximum absolute atomic E-state index is 10.1. The molecule has 0 saturated heterocycles. The van der Waals surface area contributed by atoms with E-state index in [1.54, 1.807) is 0 Å². The molecular formula is C13H12FeO. The van der Waals surface area contributed by atoms with Crippen molar-refractivity contribution in [2.45, 2.75) is 0 Å². The fourth-order valence-electron chi connectivity index (χ4n) is 0.977. The van der Waals surface area contributed by atoms with Gasteiger partial charge in [0.2, 0.25) is 0 Å². The summed E-state index contributed by atoms with van der Waals surface area (Å²) in [7, 11) is 0. The van der Waals surface area contributed by atoms with Gasteiger partial charge in [0.1, 0.15) is 0 Å². The van der Waals surface area contributed by atoms with Gasteiger partial charge in [-0.15, -0.1) is 12.1 Å². The summed E-state index contributed by atoms with van der Waals surface area (Å²) in [5, 5.41) is 0. The van der Waals surface area contributed by atoms with Gasteiger partial charge in [0.25, 0.3) is 0 Å². The standard InChI is InChI=1S/C8H7O.C5H5.Fe/c1-7(6-9)8-4-2-3-5-8;1-2-4-5-3-1;/h2-6H,1H2;1-5H;/q2*-1;+2. The van der Waals surface area contributed by atoms with Gasteiger partial charge >= 0.3 is 17.1 Å². The molecule has 0 aliphatic rings. The normalized spacial score (nSPS) is 8.00. The minimum absolute atomic E-state index is 0. The summed E-state index contributed by atoms with van der Waals surface area (Å²) in [6, 6.07) is 17.5. The molecule has 2 aromatic carbocycles. The third-order valence-electron chi connectivity index (χ3n) is 1.73. The number of allylic oxidation sites excluding steroid dienone is 1. The maximum atomic E-state index is 10.1. The predicted octanol–water partition coefficient (Wildman–Crippen LogP) is 3.02. The van der Waals surface area contributed by atoms with Gasteiger partial charge in [-0.25, -0.2) is 12.1 Å². The van der Waals surface area contributed by atoms with E-state index in [1.807, 2.05) is 54.6 Å². The second kappa shape index (κ2) is 7.98. The van der Waals surface area contributed by atoms with Crippen molar-refractivity contribution in [3.63, 3.8) is 0 Å². The monoisotopic (exact) mass is 240 g/mol. The van der Waals surface area contributed by atoms with Crippen LogP contribution >= 0.6 is 0 Å². The zero-order valence-electron chi connectivity index (χ0n) is 8.24. The molecule has 0 N–H and O–H groups in total. The van der Waals surface area contributed by atoms with Gasteiger partial charge in [0.05, 0.1) is 6.29 Å². The van der Waals surface area contributed by atoms with E-state index in [0.29, 0.717) is 5.57 Å². The zero-order chi connectivity index (χ0) is 10.2. The molecule has 1 nitrogen and oxygen atoms in total. The summed E-state index contributed by atoms with van der Waals surface area (Å²) in [6.45, 7) is 3.55. The minimum Gasteiger partial charge on any atom is -0.344 e. The second-order valence-electron chi connectivity index (χ2n) is 2.78. The van der Waals surface area contributed by atoms with E-state index >= 15 is 0 Å². The Balaban J connectivity index is 0.000000280.